The molecule has 0 aliphatic rings. The summed E-state index contributed by atoms with van der Waals surface area (Å²) in [5, 5.41) is 6.40. The first-order valence-corrected chi connectivity index (χ1v) is 19.9. The van der Waals surface area contributed by atoms with Crippen molar-refractivity contribution in [2.24, 2.45) is 0 Å². The molecule has 8 aromatic carbocycles. The smallest absolute Gasteiger partial charge is 0.238 e. The second kappa shape index (κ2) is 12.6. The highest BCUT2D eigenvalue weighted by Gasteiger charge is 2.25. The van der Waals surface area contributed by atoms with E-state index in [1.54, 1.807) is 0 Å². The minimum atomic E-state index is 0.492. The van der Waals surface area contributed by atoms with Crippen LogP contribution in [0.25, 0.3) is 123 Å². The molecular weight excluding hydrogens is 741 g/mol. The van der Waals surface area contributed by atoms with Gasteiger partial charge in [0.2, 0.25) is 11.8 Å². The third-order valence-corrected chi connectivity index (χ3v) is 11.6. The van der Waals surface area contributed by atoms with Crippen LogP contribution in [0, 0.1) is 0 Å². The number of aromatic nitrogens is 6. The molecule has 280 valence electrons. The van der Waals surface area contributed by atoms with Crippen LogP contribution in [0.5, 0.6) is 0 Å². The van der Waals surface area contributed by atoms with E-state index < -0.39 is 0 Å². The van der Waals surface area contributed by atoms with Crippen molar-refractivity contribution in [2.75, 3.05) is 0 Å². The lowest BCUT2D eigenvalue weighted by molar-refractivity contribution is 0.618. The van der Waals surface area contributed by atoms with E-state index in [0.29, 0.717) is 29.1 Å². The number of para-hydroxylation sites is 5. The lowest BCUT2D eigenvalue weighted by Crippen LogP contribution is -2.07. The van der Waals surface area contributed by atoms with E-state index in [0.717, 1.165) is 93.4 Å². The molecule has 0 aliphatic carbocycles. The minimum Gasteiger partial charge on any atom is -0.455 e. The van der Waals surface area contributed by atoms with Gasteiger partial charge in [-0.05, 0) is 48.5 Å². The summed E-state index contributed by atoms with van der Waals surface area (Å²) in [5.41, 5.74) is 10.5. The quantitative estimate of drug-likeness (QED) is 0.173. The zero-order valence-electron chi connectivity index (χ0n) is 31.8. The summed E-state index contributed by atoms with van der Waals surface area (Å²) in [6, 6.07) is 62.0. The minimum absolute atomic E-state index is 0.492. The average molecular weight is 771 g/mol. The number of furan rings is 1. The van der Waals surface area contributed by atoms with E-state index in [9.17, 15) is 0 Å². The fourth-order valence-electron chi connectivity index (χ4n) is 9.00. The topological polar surface area (TPSA) is 87.7 Å². The van der Waals surface area contributed by atoms with Crippen molar-refractivity contribution in [1.29, 1.82) is 0 Å². The van der Waals surface area contributed by atoms with Crippen molar-refractivity contribution < 1.29 is 8.83 Å². The maximum atomic E-state index is 6.70. The van der Waals surface area contributed by atoms with Crippen molar-refractivity contribution in [3.8, 4) is 45.9 Å². The molecule has 0 bridgehead atoms. The second-order valence-electron chi connectivity index (χ2n) is 15.0. The molecular formula is C52H30N6O2. The van der Waals surface area contributed by atoms with E-state index in [-0.39, 0.29) is 0 Å². The van der Waals surface area contributed by atoms with Gasteiger partial charge in [-0.25, -0.2) is 9.97 Å². The largest absolute Gasteiger partial charge is 0.455 e. The Hall–Kier alpha value is -8.36. The SMILES string of the molecule is c1ccc(-c2nc(-c3cccc4c3oc3ccccc34)nc(-n3c4ccccc4c4ccc5c6ccccc6n(-c6cccc7nc(-c8ccccc8)oc67)c5c43)n2)cc1. The molecule has 13 rings (SSSR count). The van der Waals surface area contributed by atoms with Crippen molar-refractivity contribution in [2.45, 2.75) is 0 Å². The van der Waals surface area contributed by atoms with Gasteiger partial charge in [0.05, 0.1) is 33.3 Å². The predicted molar refractivity (Wildman–Crippen MR) is 240 cm³/mol. The Morgan fingerprint density at radius 3 is 1.73 bits per heavy atom. The van der Waals surface area contributed by atoms with Crippen LogP contribution in [-0.4, -0.2) is 29.1 Å². The first-order valence-electron chi connectivity index (χ1n) is 19.9. The number of hydrogen-bond acceptors (Lipinski definition) is 6. The molecule has 0 amide bonds. The first-order chi connectivity index (χ1) is 29.8. The van der Waals surface area contributed by atoms with Crippen LogP contribution >= 0.6 is 0 Å². The summed E-state index contributed by atoms with van der Waals surface area (Å²) in [7, 11) is 0. The third-order valence-electron chi connectivity index (χ3n) is 11.6. The van der Waals surface area contributed by atoms with Crippen molar-refractivity contribution in [1.82, 2.24) is 29.1 Å². The zero-order valence-corrected chi connectivity index (χ0v) is 31.8. The van der Waals surface area contributed by atoms with Crippen LogP contribution in [0.3, 0.4) is 0 Å². The molecule has 5 heterocycles. The molecule has 8 heteroatoms. The van der Waals surface area contributed by atoms with Gasteiger partial charge in [0, 0.05) is 43.4 Å². The Balaban J connectivity index is 1.16. The summed E-state index contributed by atoms with van der Waals surface area (Å²) in [6.07, 6.45) is 0. The normalized spacial score (nSPS) is 12.0. The standard InChI is InChI=1S/C52H30N6O2/c1-3-15-31(16-4-1)49-54-50(39-23-13-22-38-35-21-9-12-28-44(35)59-47(38)39)56-52(55-49)58-42-26-11-8-20-34(42)37-30-29-36-33-19-7-10-25-41(33)57(45(36)46(37)58)43-27-14-24-40-48(43)60-51(53-40)32-17-5-2-6-18-32/h1-30H. The molecule has 0 N–H and O–H groups in total. The van der Waals surface area contributed by atoms with Gasteiger partial charge in [-0.2, -0.15) is 9.97 Å². The van der Waals surface area contributed by atoms with Gasteiger partial charge in [-0.15, -0.1) is 0 Å². The van der Waals surface area contributed by atoms with Crippen molar-refractivity contribution in [3.05, 3.63) is 182 Å². The number of benzene rings is 8. The Bertz CT molecular complexity index is 3840. The highest BCUT2D eigenvalue weighted by Crippen LogP contribution is 2.43. The molecule has 0 spiro atoms. The van der Waals surface area contributed by atoms with E-state index in [2.05, 4.69) is 88.0 Å². The van der Waals surface area contributed by atoms with Gasteiger partial charge in [-0.1, -0.05) is 133 Å². The lowest BCUT2D eigenvalue weighted by Gasteiger charge is -2.13. The number of rotatable bonds is 5. The number of oxazole rings is 1. The van der Waals surface area contributed by atoms with Gasteiger partial charge in [0.25, 0.3) is 0 Å². The molecule has 5 aromatic heterocycles. The maximum Gasteiger partial charge on any atom is 0.238 e. The van der Waals surface area contributed by atoms with Crippen LogP contribution in [0.15, 0.2) is 191 Å². The molecule has 0 fully saturated rings. The Morgan fingerprint density at radius 1 is 0.367 bits per heavy atom. The fraction of sp³-hybridized carbons (Fsp3) is 0. The Labute approximate surface area is 341 Å². The Morgan fingerprint density at radius 2 is 0.967 bits per heavy atom. The van der Waals surface area contributed by atoms with Gasteiger partial charge < -0.3 is 13.4 Å². The predicted octanol–water partition coefficient (Wildman–Crippen LogP) is 13.1. The fourth-order valence-corrected chi connectivity index (χ4v) is 9.00. The van der Waals surface area contributed by atoms with Crippen molar-refractivity contribution >= 4 is 76.6 Å². The van der Waals surface area contributed by atoms with Crippen LogP contribution in [0.2, 0.25) is 0 Å². The van der Waals surface area contributed by atoms with Crippen LogP contribution in [0.4, 0.5) is 0 Å². The number of nitrogens with zero attached hydrogens (tertiary/aromatic N) is 6. The first kappa shape index (κ1) is 32.7. The molecule has 13 aromatic rings. The van der Waals surface area contributed by atoms with Gasteiger partial charge in [0.15, 0.2) is 17.2 Å². The summed E-state index contributed by atoms with van der Waals surface area (Å²) >= 11 is 0. The third kappa shape index (κ3) is 4.73. The van der Waals surface area contributed by atoms with E-state index in [1.165, 1.54) is 0 Å². The van der Waals surface area contributed by atoms with Crippen molar-refractivity contribution in [3.63, 3.8) is 0 Å². The van der Waals surface area contributed by atoms with Crippen LogP contribution < -0.4 is 0 Å². The maximum absolute atomic E-state index is 6.70. The summed E-state index contributed by atoms with van der Waals surface area (Å²) in [6.45, 7) is 0. The van der Waals surface area contributed by atoms with Gasteiger partial charge in [-0.3, -0.25) is 4.57 Å². The summed E-state index contributed by atoms with van der Waals surface area (Å²) < 4.78 is 17.8. The molecule has 0 radical (unpaired) electrons. The van der Waals surface area contributed by atoms with E-state index in [1.807, 2.05) is 103 Å². The second-order valence-corrected chi connectivity index (χ2v) is 15.0. The summed E-state index contributed by atoms with van der Waals surface area (Å²) in [4.78, 5) is 20.8. The number of hydrogen-bond donors (Lipinski definition) is 0. The average Bonchev–Trinajstić information content (AvgIpc) is 4.09. The molecule has 0 unspecified atom stereocenters. The number of fused-ring (bicyclic) bond motifs is 11. The molecule has 0 saturated carbocycles. The summed E-state index contributed by atoms with van der Waals surface area (Å²) in [5.74, 6) is 2.14. The highest BCUT2D eigenvalue weighted by atomic mass is 16.3. The monoisotopic (exact) mass is 770 g/mol. The molecule has 8 nitrogen and oxygen atoms in total. The Kier molecular flexibility index (Phi) is 6.85. The molecule has 0 aliphatic heterocycles. The molecule has 0 atom stereocenters. The zero-order chi connectivity index (χ0) is 39.3. The van der Waals surface area contributed by atoms with Gasteiger partial charge >= 0.3 is 0 Å². The highest BCUT2D eigenvalue weighted by molar-refractivity contribution is 6.24. The van der Waals surface area contributed by atoms with Crippen LogP contribution in [-0.2, 0) is 0 Å². The van der Waals surface area contributed by atoms with Crippen LogP contribution in [0.1, 0.15) is 0 Å². The van der Waals surface area contributed by atoms with E-state index in [4.69, 9.17) is 28.8 Å². The van der Waals surface area contributed by atoms with Gasteiger partial charge in [0.1, 0.15) is 16.7 Å². The molecule has 60 heavy (non-hydrogen) atoms. The lowest BCUT2D eigenvalue weighted by atomic mass is 10.1. The van der Waals surface area contributed by atoms with E-state index >= 15 is 0 Å². The molecule has 0 saturated heterocycles.